The number of aliphatic hydroxyl groups excluding tert-OH is 1. The number of fused-ring (bicyclic) bond motifs is 7. The molecular weight excluding hydrogens is 500 g/mol. The molecule has 8 bridgehead atoms. The van der Waals surface area contributed by atoms with Gasteiger partial charge in [-0.15, -0.1) is 0 Å². The third kappa shape index (κ3) is 4.13. The number of aromatic amines is 1. The predicted molar refractivity (Wildman–Crippen MR) is 158 cm³/mol. The van der Waals surface area contributed by atoms with Gasteiger partial charge < -0.3 is 31.1 Å². The zero-order chi connectivity index (χ0) is 28.5. The lowest BCUT2D eigenvalue weighted by Gasteiger charge is -2.20. The molecule has 3 unspecified atom stereocenters. The van der Waals surface area contributed by atoms with Crippen LogP contribution in [0.3, 0.4) is 0 Å². The van der Waals surface area contributed by atoms with Gasteiger partial charge in [0, 0.05) is 58.0 Å². The second kappa shape index (κ2) is 9.96. The molecule has 0 radical (unpaired) electrons. The van der Waals surface area contributed by atoms with Crippen LogP contribution in [0, 0.1) is 18.8 Å². The molecule has 4 aliphatic heterocycles. The maximum absolute atomic E-state index is 13.4. The lowest BCUT2D eigenvalue weighted by molar-refractivity contribution is -0.114. The van der Waals surface area contributed by atoms with Crippen molar-refractivity contribution in [3.05, 3.63) is 79.2 Å². The fourth-order valence-corrected chi connectivity index (χ4v) is 7.56. The molecule has 1 aromatic rings. The van der Waals surface area contributed by atoms with E-state index in [4.69, 9.17) is 0 Å². The molecule has 7 heteroatoms. The van der Waals surface area contributed by atoms with E-state index >= 15 is 0 Å². The number of ketones is 1. The Bertz CT molecular complexity index is 1480. The number of H-pyrrole nitrogens is 1. The van der Waals surface area contributed by atoms with Gasteiger partial charge in [-0.2, -0.15) is 0 Å². The molecule has 7 nitrogen and oxygen atoms in total. The Hall–Kier alpha value is -3.29. The van der Waals surface area contributed by atoms with E-state index in [2.05, 4.69) is 80.7 Å². The van der Waals surface area contributed by atoms with Crippen molar-refractivity contribution in [2.45, 2.75) is 92.0 Å². The fourth-order valence-electron chi connectivity index (χ4n) is 7.56. The molecule has 1 saturated carbocycles. The van der Waals surface area contributed by atoms with Gasteiger partial charge in [0.1, 0.15) is 0 Å². The SMILES string of the molecule is CCC1=C(C)C2/C=C3\N/C(=C4/CC(=O)C5=C(C)/C(=C/c6[nH]c(c(C)c6CC)/C=C/1N2)NC54)C(CCC(O)O)[C@@H]3C. The van der Waals surface area contributed by atoms with Crippen molar-refractivity contribution in [3.8, 4) is 0 Å². The van der Waals surface area contributed by atoms with Crippen molar-refractivity contribution >= 4 is 17.9 Å². The first-order chi connectivity index (χ1) is 19.1. The van der Waals surface area contributed by atoms with Gasteiger partial charge in [0.25, 0.3) is 0 Å². The van der Waals surface area contributed by atoms with Gasteiger partial charge >= 0.3 is 0 Å². The number of Topliss-reactive ketones (excluding diaryl/α,β-unsaturated/α-hetero) is 1. The minimum atomic E-state index is -1.35. The molecular formula is C33H42N4O3. The fraction of sp³-hybridized carbons (Fsp3) is 0.485. The van der Waals surface area contributed by atoms with Crippen molar-refractivity contribution in [1.29, 1.82) is 0 Å². The number of aromatic nitrogens is 1. The highest BCUT2D eigenvalue weighted by atomic mass is 16.5. The molecule has 1 aliphatic carbocycles. The summed E-state index contributed by atoms with van der Waals surface area (Å²) in [5.74, 6) is 0.405. The van der Waals surface area contributed by atoms with Gasteiger partial charge in [0.05, 0.1) is 12.1 Å². The van der Waals surface area contributed by atoms with E-state index in [9.17, 15) is 15.0 Å². The minimum absolute atomic E-state index is 0.0619. The van der Waals surface area contributed by atoms with E-state index in [0.29, 0.717) is 19.3 Å². The number of carbonyl (C=O) groups excluding carboxylic acids is 1. The van der Waals surface area contributed by atoms with E-state index in [1.54, 1.807) is 0 Å². The lowest BCUT2D eigenvalue weighted by Crippen LogP contribution is -2.27. The molecule has 0 spiro atoms. The van der Waals surface area contributed by atoms with Gasteiger partial charge in [0.2, 0.25) is 0 Å². The summed E-state index contributed by atoms with van der Waals surface area (Å²) < 4.78 is 0. The smallest absolute Gasteiger partial charge is 0.165 e. The van der Waals surface area contributed by atoms with Crippen molar-refractivity contribution in [1.82, 2.24) is 20.9 Å². The van der Waals surface area contributed by atoms with Crippen molar-refractivity contribution < 1.29 is 15.0 Å². The summed E-state index contributed by atoms with van der Waals surface area (Å²) >= 11 is 0. The van der Waals surface area contributed by atoms with Crippen LogP contribution in [0.5, 0.6) is 0 Å². The molecule has 1 saturated heterocycles. The van der Waals surface area contributed by atoms with Crippen LogP contribution in [0.15, 0.2) is 56.7 Å². The Kier molecular flexibility index (Phi) is 6.70. The predicted octanol–water partition coefficient (Wildman–Crippen LogP) is 4.62. The van der Waals surface area contributed by atoms with Crippen LogP contribution in [0.1, 0.15) is 82.8 Å². The van der Waals surface area contributed by atoms with Crippen LogP contribution in [-0.2, 0) is 11.2 Å². The van der Waals surface area contributed by atoms with Gasteiger partial charge in [-0.3, -0.25) is 4.79 Å². The highest BCUT2D eigenvalue weighted by Crippen LogP contribution is 2.46. The average Bonchev–Trinajstić information content (AvgIpc) is 3.65. The Morgan fingerprint density at radius 3 is 2.48 bits per heavy atom. The topological polar surface area (TPSA) is 109 Å². The van der Waals surface area contributed by atoms with Crippen LogP contribution >= 0.6 is 0 Å². The van der Waals surface area contributed by atoms with Gasteiger partial charge in [0.15, 0.2) is 12.1 Å². The van der Waals surface area contributed by atoms with Crippen LogP contribution < -0.4 is 16.0 Å². The highest BCUT2D eigenvalue weighted by Gasteiger charge is 2.45. The van der Waals surface area contributed by atoms with Gasteiger partial charge in [-0.05, 0) is 98.1 Å². The summed E-state index contributed by atoms with van der Waals surface area (Å²) in [6.07, 6.45) is 8.55. The monoisotopic (exact) mass is 542 g/mol. The van der Waals surface area contributed by atoms with Crippen LogP contribution in [-0.4, -0.2) is 39.4 Å². The molecule has 5 heterocycles. The van der Waals surface area contributed by atoms with Crippen molar-refractivity contribution in [3.63, 3.8) is 0 Å². The maximum atomic E-state index is 13.4. The van der Waals surface area contributed by atoms with Crippen molar-refractivity contribution in [2.75, 3.05) is 0 Å². The number of hydrogen-bond acceptors (Lipinski definition) is 6. The minimum Gasteiger partial charge on any atom is -0.375 e. The van der Waals surface area contributed by atoms with Crippen LogP contribution in [0.2, 0.25) is 0 Å². The molecule has 6 rings (SSSR count). The third-order valence-electron chi connectivity index (χ3n) is 9.88. The van der Waals surface area contributed by atoms with E-state index in [-0.39, 0.29) is 29.7 Å². The first-order valence-electron chi connectivity index (χ1n) is 14.8. The van der Waals surface area contributed by atoms with Crippen LogP contribution in [0.25, 0.3) is 12.2 Å². The molecule has 0 aromatic carbocycles. The second-order valence-electron chi connectivity index (χ2n) is 12.0. The molecule has 40 heavy (non-hydrogen) atoms. The third-order valence-corrected chi connectivity index (χ3v) is 9.88. The van der Waals surface area contributed by atoms with E-state index in [1.807, 2.05) is 0 Å². The standard InChI is InChI=1S/C33H42N4O3/c1-7-19-15(3)23-12-25-17(5)21(9-10-30(39)40)32(36-25)22-11-29(38)31-18(6)26(37-33(22)31)14-28-20(8-2)16(4)24(35-28)13-27(19)34-23/h12-14,17,21,23,30,33-37,39-40H,7-11H2,1-6H3/b25-12-,26-14-,27-13-,32-22-/t17-,21?,23?,33?/m0/s1. The number of carbonyl (C=O) groups is 1. The summed E-state index contributed by atoms with van der Waals surface area (Å²) in [6, 6.07) is -0.0980. The zero-order valence-electron chi connectivity index (χ0n) is 24.5. The number of aliphatic hydroxyl groups is 2. The first kappa shape index (κ1) is 26.9. The molecule has 212 valence electrons. The summed E-state index contributed by atoms with van der Waals surface area (Å²) in [6.45, 7) is 13.1. The van der Waals surface area contributed by atoms with E-state index < -0.39 is 6.29 Å². The average molecular weight is 543 g/mol. The summed E-state index contributed by atoms with van der Waals surface area (Å²) in [4.78, 5) is 17.1. The zero-order valence-corrected chi connectivity index (χ0v) is 24.5. The molecule has 5 aliphatic rings. The number of rotatable bonds is 5. The maximum Gasteiger partial charge on any atom is 0.165 e. The van der Waals surface area contributed by atoms with E-state index in [0.717, 1.165) is 63.7 Å². The van der Waals surface area contributed by atoms with Gasteiger partial charge in [-0.1, -0.05) is 20.8 Å². The molecule has 1 aromatic heterocycles. The van der Waals surface area contributed by atoms with Crippen molar-refractivity contribution in [2.24, 2.45) is 11.8 Å². The summed E-state index contributed by atoms with van der Waals surface area (Å²) in [5.41, 5.74) is 14.7. The Labute approximate surface area is 236 Å². The van der Waals surface area contributed by atoms with E-state index in [1.165, 1.54) is 22.3 Å². The number of allylic oxidation sites excluding steroid dienone is 4. The summed E-state index contributed by atoms with van der Waals surface area (Å²) in [5, 5.41) is 30.7. The largest absolute Gasteiger partial charge is 0.375 e. The molecule has 0 amide bonds. The highest BCUT2D eigenvalue weighted by molar-refractivity contribution is 6.05. The lowest BCUT2D eigenvalue weighted by atomic mass is 9.86. The number of hydrogen-bond donors (Lipinski definition) is 6. The Balaban J connectivity index is 1.58. The Morgan fingerprint density at radius 1 is 1.02 bits per heavy atom. The molecule has 4 atom stereocenters. The van der Waals surface area contributed by atoms with Crippen LogP contribution in [0.4, 0.5) is 0 Å². The molecule has 2 fully saturated rings. The summed E-state index contributed by atoms with van der Waals surface area (Å²) in [7, 11) is 0. The normalized spacial score (nSPS) is 33.0. The van der Waals surface area contributed by atoms with Gasteiger partial charge in [-0.25, -0.2) is 0 Å². The number of nitrogens with one attached hydrogen (secondary N) is 4. The second-order valence-corrected chi connectivity index (χ2v) is 12.0. The quantitative estimate of drug-likeness (QED) is 0.303. The molecule has 6 N–H and O–H groups in total. The first-order valence-corrected chi connectivity index (χ1v) is 14.8. The Morgan fingerprint density at radius 2 is 1.77 bits per heavy atom.